The Morgan fingerprint density at radius 1 is 1.10 bits per heavy atom. The van der Waals surface area contributed by atoms with E-state index < -0.39 is 34.8 Å². The standard InChI is InChI=1S/C22H28N2O6/c1-20(2,3)29-17(25)11-12-22(18(26)27,24-19(28)30-21(4,5)6)14-15-9-8-10-16(13-15)23-7/h8-13H,14H2,1-6H3,(H,24,28)(H,26,27)/t22-/m1/s1. The van der Waals surface area contributed by atoms with Gasteiger partial charge in [0.05, 0.1) is 6.57 Å². The highest BCUT2D eigenvalue weighted by molar-refractivity contribution is 5.90. The maximum atomic E-state index is 12.4. The Labute approximate surface area is 176 Å². The molecule has 1 aromatic rings. The third-order valence-electron chi connectivity index (χ3n) is 3.54. The average Bonchev–Trinajstić information content (AvgIpc) is 2.56. The number of rotatable bonds is 6. The highest BCUT2D eigenvalue weighted by Gasteiger charge is 2.39. The molecule has 0 aliphatic carbocycles. The molecule has 1 atom stereocenters. The SMILES string of the molecule is [C-]#[N+]c1cccc(C[C@@](C=CC(=O)OC(C)(C)C)(NC(=O)OC(C)(C)C)C(=O)O)c1. The summed E-state index contributed by atoms with van der Waals surface area (Å²) in [5.41, 5.74) is -2.82. The molecule has 2 N–H and O–H groups in total. The summed E-state index contributed by atoms with van der Waals surface area (Å²) >= 11 is 0. The van der Waals surface area contributed by atoms with Crippen molar-refractivity contribution in [1.82, 2.24) is 5.32 Å². The lowest BCUT2D eigenvalue weighted by Gasteiger charge is -2.29. The van der Waals surface area contributed by atoms with Gasteiger partial charge in [0.2, 0.25) is 0 Å². The first-order valence-electron chi connectivity index (χ1n) is 9.29. The number of nitrogens with zero attached hydrogens (tertiary/aromatic N) is 1. The second-order valence-electron chi connectivity index (χ2n) is 8.73. The van der Waals surface area contributed by atoms with Crippen LogP contribution in [0.4, 0.5) is 10.5 Å². The molecule has 0 aliphatic rings. The van der Waals surface area contributed by atoms with Crippen LogP contribution in [0.2, 0.25) is 0 Å². The number of aliphatic carboxylic acids is 1. The number of carbonyl (C=O) groups is 3. The second-order valence-corrected chi connectivity index (χ2v) is 8.73. The van der Waals surface area contributed by atoms with Crippen LogP contribution in [-0.2, 0) is 25.5 Å². The largest absolute Gasteiger partial charge is 0.479 e. The zero-order chi connectivity index (χ0) is 23.2. The summed E-state index contributed by atoms with van der Waals surface area (Å²) in [6.07, 6.45) is 0.859. The van der Waals surface area contributed by atoms with Crippen LogP contribution in [0.25, 0.3) is 4.85 Å². The van der Waals surface area contributed by atoms with Gasteiger partial charge in [0.25, 0.3) is 0 Å². The quantitative estimate of drug-likeness (QED) is 0.412. The maximum Gasteiger partial charge on any atom is 0.408 e. The van der Waals surface area contributed by atoms with Crippen molar-refractivity contribution in [1.29, 1.82) is 0 Å². The number of hydrogen-bond acceptors (Lipinski definition) is 5. The topological polar surface area (TPSA) is 106 Å². The number of benzene rings is 1. The molecule has 0 bridgehead atoms. The predicted octanol–water partition coefficient (Wildman–Crippen LogP) is 4.03. The van der Waals surface area contributed by atoms with Crippen molar-refractivity contribution in [3.63, 3.8) is 0 Å². The van der Waals surface area contributed by atoms with Gasteiger partial charge in [-0.2, -0.15) is 0 Å². The second kappa shape index (κ2) is 9.44. The van der Waals surface area contributed by atoms with Gasteiger partial charge in [-0.3, -0.25) is 0 Å². The summed E-state index contributed by atoms with van der Waals surface area (Å²) in [5, 5.41) is 12.3. The van der Waals surface area contributed by atoms with Gasteiger partial charge in [0.1, 0.15) is 11.2 Å². The highest BCUT2D eigenvalue weighted by atomic mass is 16.6. The van der Waals surface area contributed by atoms with Crippen molar-refractivity contribution < 1.29 is 29.0 Å². The number of carbonyl (C=O) groups excluding carboxylic acids is 2. The third-order valence-corrected chi connectivity index (χ3v) is 3.54. The van der Waals surface area contributed by atoms with Crippen LogP contribution in [0, 0.1) is 6.57 Å². The molecule has 8 heteroatoms. The smallest absolute Gasteiger partial charge is 0.408 e. The van der Waals surface area contributed by atoms with E-state index in [1.54, 1.807) is 59.7 Å². The average molecular weight is 416 g/mol. The van der Waals surface area contributed by atoms with Gasteiger partial charge in [-0.25, -0.2) is 19.2 Å². The molecular weight excluding hydrogens is 388 g/mol. The highest BCUT2D eigenvalue weighted by Crippen LogP contribution is 2.22. The Balaban J connectivity index is 3.34. The van der Waals surface area contributed by atoms with Crippen LogP contribution in [0.1, 0.15) is 47.1 Å². The first-order chi connectivity index (χ1) is 13.7. The fraction of sp³-hybridized carbons (Fsp3) is 0.455. The van der Waals surface area contributed by atoms with Crippen LogP contribution in [0.3, 0.4) is 0 Å². The molecule has 0 heterocycles. The number of ether oxygens (including phenoxy) is 2. The third kappa shape index (κ3) is 8.35. The summed E-state index contributed by atoms with van der Waals surface area (Å²) in [7, 11) is 0. The Morgan fingerprint density at radius 3 is 2.20 bits per heavy atom. The molecule has 162 valence electrons. The fourth-order valence-corrected chi connectivity index (χ4v) is 2.43. The Morgan fingerprint density at radius 2 is 1.70 bits per heavy atom. The monoisotopic (exact) mass is 416 g/mol. The first kappa shape index (κ1) is 24.7. The van der Waals surface area contributed by atoms with Crippen LogP contribution in [0.5, 0.6) is 0 Å². The van der Waals surface area contributed by atoms with Gasteiger partial charge < -0.3 is 19.9 Å². The van der Waals surface area contributed by atoms with Crippen LogP contribution >= 0.6 is 0 Å². The van der Waals surface area contributed by atoms with Crippen molar-refractivity contribution >= 4 is 23.7 Å². The van der Waals surface area contributed by atoms with E-state index in [0.717, 1.165) is 12.2 Å². The van der Waals surface area contributed by atoms with Crippen LogP contribution in [-0.4, -0.2) is 39.9 Å². The number of hydrogen-bond donors (Lipinski definition) is 2. The van der Waals surface area contributed by atoms with Gasteiger partial charge in [-0.15, -0.1) is 0 Å². The minimum atomic E-state index is -2.00. The van der Waals surface area contributed by atoms with E-state index in [-0.39, 0.29) is 6.42 Å². The lowest BCUT2D eigenvalue weighted by atomic mass is 9.90. The van der Waals surface area contributed by atoms with Gasteiger partial charge in [0, 0.05) is 12.5 Å². The molecule has 8 nitrogen and oxygen atoms in total. The van der Waals surface area contributed by atoms with Crippen molar-refractivity contribution in [2.45, 2.75) is 64.7 Å². The maximum absolute atomic E-state index is 12.4. The summed E-state index contributed by atoms with van der Waals surface area (Å²) in [5.74, 6) is -2.16. The number of amides is 1. The van der Waals surface area contributed by atoms with E-state index in [2.05, 4.69) is 10.2 Å². The van der Waals surface area contributed by atoms with Crippen LogP contribution < -0.4 is 5.32 Å². The first-order valence-corrected chi connectivity index (χ1v) is 9.29. The summed E-state index contributed by atoms with van der Waals surface area (Å²) < 4.78 is 10.4. The molecule has 0 radical (unpaired) electrons. The molecule has 0 aliphatic heterocycles. The molecule has 0 saturated heterocycles. The van der Waals surface area contributed by atoms with Crippen molar-refractivity contribution in [2.24, 2.45) is 0 Å². The summed E-state index contributed by atoms with van der Waals surface area (Å²) in [6.45, 7) is 17.1. The zero-order valence-corrected chi connectivity index (χ0v) is 18.1. The van der Waals surface area contributed by atoms with Gasteiger partial charge >= 0.3 is 18.0 Å². The summed E-state index contributed by atoms with van der Waals surface area (Å²) in [4.78, 5) is 40.1. The van der Waals surface area contributed by atoms with E-state index in [9.17, 15) is 19.5 Å². The predicted molar refractivity (Wildman–Crippen MR) is 111 cm³/mol. The number of alkyl carbamates (subject to hydrolysis) is 1. The molecule has 0 spiro atoms. The lowest BCUT2D eigenvalue weighted by Crippen LogP contribution is -2.56. The molecule has 0 saturated carbocycles. The normalized spacial score (nSPS) is 13.8. The minimum absolute atomic E-state index is 0.218. The van der Waals surface area contributed by atoms with Crippen molar-refractivity contribution in [3.8, 4) is 0 Å². The Kier molecular flexibility index (Phi) is 7.77. The summed E-state index contributed by atoms with van der Waals surface area (Å²) in [6, 6.07) is 6.34. The van der Waals surface area contributed by atoms with Gasteiger partial charge in [-0.1, -0.05) is 29.8 Å². The molecule has 0 aromatic heterocycles. The number of nitrogens with one attached hydrogen (secondary N) is 1. The molecular formula is C22H28N2O6. The van der Waals surface area contributed by atoms with Gasteiger partial charge in [0.15, 0.2) is 11.2 Å². The zero-order valence-electron chi connectivity index (χ0n) is 18.1. The molecule has 1 rings (SSSR count). The van der Waals surface area contributed by atoms with E-state index in [1.807, 2.05) is 0 Å². The molecule has 0 fully saturated rings. The fourth-order valence-electron chi connectivity index (χ4n) is 2.43. The minimum Gasteiger partial charge on any atom is -0.479 e. The number of carboxylic acid groups (broad SMARTS) is 1. The molecule has 0 unspecified atom stereocenters. The molecule has 1 amide bonds. The van der Waals surface area contributed by atoms with Crippen LogP contribution in [0.15, 0.2) is 36.4 Å². The Hall–Kier alpha value is -3.34. The van der Waals surface area contributed by atoms with Crippen molar-refractivity contribution in [2.75, 3.05) is 0 Å². The Bertz CT molecular complexity index is 871. The number of carboxylic acids is 1. The van der Waals surface area contributed by atoms with E-state index in [1.165, 1.54) is 6.07 Å². The lowest BCUT2D eigenvalue weighted by molar-refractivity contribution is -0.148. The van der Waals surface area contributed by atoms with Gasteiger partial charge in [-0.05, 0) is 47.6 Å². The van der Waals surface area contributed by atoms with Crippen molar-refractivity contribution in [3.05, 3.63) is 53.4 Å². The van der Waals surface area contributed by atoms with E-state index in [4.69, 9.17) is 16.0 Å². The van der Waals surface area contributed by atoms with E-state index >= 15 is 0 Å². The number of esters is 1. The molecule has 30 heavy (non-hydrogen) atoms. The van der Waals surface area contributed by atoms with E-state index in [0.29, 0.717) is 11.3 Å². The molecule has 1 aromatic carbocycles.